The first kappa shape index (κ1) is 12.4. The molecule has 0 bridgehead atoms. The van der Waals surface area contributed by atoms with Crippen molar-refractivity contribution in [2.45, 2.75) is 39.7 Å². The summed E-state index contributed by atoms with van der Waals surface area (Å²) in [5.41, 5.74) is 7.49. The van der Waals surface area contributed by atoms with Crippen LogP contribution in [0.4, 0.5) is 5.82 Å². The molecule has 17 heavy (non-hydrogen) atoms. The van der Waals surface area contributed by atoms with Gasteiger partial charge in [-0.1, -0.05) is 13.8 Å². The Morgan fingerprint density at radius 1 is 1.35 bits per heavy atom. The highest BCUT2D eigenvalue weighted by atomic mass is 15.1. The maximum Gasteiger partial charge on any atom is 0.123 e. The molecule has 1 fully saturated rings. The van der Waals surface area contributed by atoms with Crippen LogP contribution in [0, 0.1) is 5.41 Å². The van der Waals surface area contributed by atoms with Gasteiger partial charge in [-0.05, 0) is 55.5 Å². The number of pyridine rings is 1. The molecule has 3 heteroatoms. The first-order valence-electron chi connectivity index (χ1n) is 6.48. The maximum absolute atomic E-state index is 5.71. The average Bonchev–Trinajstić information content (AvgIpc) is 2.41. The lowest BCUT2D eigenvalue weighted by Crippen LogP contribution is -2.25. The zero-order valence-corrected chi connectivity index (χ0v) is 10.9. The summed E-state index contributed by atoms with van der Waals surface area (Å²) in [7, 11) is 0. The van der Waals surface area contributed by atoms with Crippen molar-refractivity contribution >= 4 is 5.82 Å². The van der Waals surface area contributed by atoms with E-state index < -0.39 is 0 Å². The third-order valence-corrected chi connectivity index (χ3v) is 3.68. The molecule has 1 aromatic rings. The number of nitrogens with zero attached hydrogens (tertiary/aromatic N) is 2. The number of likely N-dealkylation sites (tertiary alicyclic amines) is 1. The molecule has 0 aliphatic carbocycles. The molecule has 0 atom stereocenters. The molecule has 0 unspecified atom stereocenters. The van der Waals surface area contributed by atoms with Crippen molar-refractivity contribution < 1.29 is 0 Å². The third kappa shape index (κ3) is 3.70. The van der Waals surface area contributed by atoms with Gasteiger partial charge in [0.05, 0.1) is 0 Å². The van der Waals surface area contributed by atoms with Gasteiger partial charge in [0.2, 0.25) is 0 Å². The summed E-state index contributed by atoms with van der Waals surface area (Å²) in [6.45, 7) is 8.14. The largest absolute Gasteiger partial charge is 0.384 e. The van der Waals surface area contributed by atoms with Crippen molar-refractivity contribution in [2.24, 2.45) is 5.41 Å². The molecule has 1 aliphatic heterocycles. The van der Waals surface area contributed by atoms with Gasteiger partial charge in [-0.2, -0.15) is 0 Å². The standard InChI is InChI=1S/C14H23N3/c1-14(2)5-3-8-17(9-6-14)11-12-4-7-16-13(15)10-12/h4,7,10H,3,5-6,8-9,11H2,1-2H3,(H2,15,16). The van der Waals surface area contributed by atoms with Crippen LogP contribution < -0.4 is 5.73 Å². The normalized spacial score (nSPS) is 21.1. The molecule has 3 nitrogen and oxygen atoms in total. The van der Waals surface area contributed by atoms with Crippen molar-refractivity contribution in [1.29, 1.82) is 0 Å². The minimum Gasteiger partial charge on any atom is -0.384 e. The highest BCUT2D eigenvalue weighted by Crippen LogP contribution is 2.30. The van der Waals surface area contributed by atoms with Crippen LogP contribution in [-0.4, -0.2) is 23.0 Å². The van der Waals surface area contributed by atoms with Crippen LogP contribution in [0.25, 0.3) is 0 Å². The minimum atomic E-state index is 0.506. The molecule has 2 heterocycles. The van der Waals surface area contributed by atoms with Crippen molar-refractivity contribution in [3.8, 4) is 0 Å². The quantitative estimate of drug-likeness (QED) is 0.854. The fourth-order valence-electron chi connectivity index (χ4n) is 2.49. The van der Waals surface area contributed by atoms with Crippen LogP contribution in [0.15, 0.2) is 18.3 Å². The van der Waals surface area contributed by atoms with E-state index in [1.165, 1.54) is 37.9 Å². The molecule has 2 N–H and O–H groups in total. The number of anilines is 1. The van der Waals surface area contributed by atoms with Gasteiger partial charge in [0.1, 0.15) is 5.82 Å². The second kappa shape index (κ2) is 5.05. The second-order valence-corrected chi connectivity index (χ2v) is 5.88. The predicted octanol–water partition coefficient (Wildman–Crippen LogP) is 2.68. The summed E-state index contributed by atoms with van der Waals surface area (Å²) in [6.07, 6.45) is 5.72. The van der Waals surface area contributed by atoms with E-state index in [0.29, 0.717) is 11.2 Å². The Labute approximate surface area is 104 Å². The molecular formula is C14H23N3. The van der Waals surface area contributed by atoms with E-state index in [-0.39, 0.29) is 0 Å². The summed E-state index contributed by atoms with van der Waals surface area (Å²) in [6, 6.07) is 4.04. The van der Waals surface area contributed by atoms with E-state index in [2.05, 4.69) is 29.8 Å². The van der Waals surface area contributed by atoms with Gasteiger partial charge in [0, 0.05) is 12.7 Å². The Morgan fingerprint density at radius 2 is 2.18 bits per heavy atom. The number of aromatic nitrogens is 1. The molecule has 1 aliphatic rings. The van der Waals surface area contributed by atoms with Gasteiger partial charge in [0.15, 0.2) is 0 Å². The highest BCUT2D eigenvalue weighted by Gasteiger charge is 2.22. The number of hydrogen-bond acceptors (Lipinski definition) is 3. The van der Waals surface area contributed by atoms with Gasteiger partial charge in [0.25, 0.3) is 0 Å². The molecule has 0 aromatic carbocycles. The molecule has 0 amide bonds. The fraction of sp³-hybridized carbons (Fsp3) is 0.643. The number of nitrogen functional groups attached to an aromatic ring is 1. The van der Waals surface area contributed by atoms with Crippen LogP contribution in [-0.2, 0) is 6.54 Å². The molecule has 1 aromatic heterocycles. The summed E-state index contributed by atoms with van der Waals surface area (Å²) >= 11 is 0. The van der Waals surface area contributed by atoms with Crippen molar-refractivity contribution in [1.82, 2.24) is 9.88 Å². The monoisotopic (exact) mass is 233 g/mol. The lowest BCUT2D eigenvalue weighted by molar-refractivity contribution is 0.256. The van der Waals surface area contributed by atoms with E-state index in [4.69, 9.17) is 5.73 Å². The number of nitrogens with two attached hydrogens (primary N) is 1. The van der Waals surface area contributed by atoms with Crippen molar-refractivity contribution in [3.05, 3.63) is 23.9 Å². The zero-order chi connectivity index (χ0) is 12.3. The Hall–Kier alpha value is -1.09. The van der Waals surface area contributed by atoms with Crippen molar-refractivity contribution in [3.63, 3.8) is 0 Å². The summed E-state index contributed by atoms with van der Waals surface area (Å²) in [4.78, 5) is 6.57. The molecule has 0 spiro atoms. The average molecular weight is 233 g/mol. The van der Waals surface area contributed by atoms with E-state index in [1.807, 2.05) is 6.07 Å². The smallest absolute Gasteiger partial charge is 0.123 e. The highest BCUT2D eigenvalue weighted by molar-refractivity contribution is 5.31. The van der Waals surface area contributed by atoms with Gasteiger partial charge in [-0.15, -0.1) is 0 Å². The van der Waals surface area contributed by atoms with Crippen molar-refractivity contribution in [2.75, 3.05) is 18.8 Å². The molecule has 2 rings (SSSR count). The Kier molecular flexibility index (Phi) is 3.67. The van der Waals surface area contributed by atoms with Crippen LogP contribution in [0.3, 0.4) is 0 Å². The molecule has 94 valence electrons. The van der Waals surface area contributed by atoms with Crippen LogP contribution in [0.2, 0.25) is 0 Å². The minimum absolute atomic E-state index is 0.506. The van der Waals surface area contributed by atoms with Crippen LogP contribution in [0.5, 0.6) is 0 Å². The predicted molar refractivity (Wildman–Crippen MR) is 71.6 cm³/mol. The molecule has 1 saturated heterocycles. The zero-order valence-electron chi connectivity index (χ0n) is 10.9. The van der Waals surface area contributed by atoms with Crippen LogP contribution in [0.1, 0.15) is 38.7 Å². The topological polar surface area (TPSA) is 42.2 Å². The van der Waals surface area contributed by atoms with Gasteiger partial charge < -0.3 is 5.73 Å². The Bertz CT molecular complexity index is 373. The Morgan fingerprint density at radius 3 is 2.94 bits per heavy atom. The van der Waals surface area contributed by atoms with Gasteiger partial charge >= 0.3 is 0 Å². The molecular weight excluding hydrogens is 210 g/mol. The van der Waals surface area contributed by atoms with E-state index in [0.717, 1.165) is 6.54 Å². The first-order valence-corrected chi connectivity index (χ1v) is 6.48. The first-order chi connectivity index (χ1) is 8.05. The van der Waals surface area contributed by atoms with E-state index in [1.54, 1.807) is 6.20 Å². The second-order valence-electron chi connectivity index (χ2n) is 5.88. The molecule has 0 saturated carbocycles. The fourth-order valence-corrected chi connectivity index (χ4v) is 2.49. The molecule has 0 radical (unpaired) electrons. The van der Waals surface area contributed by atoms with Gasteiger partial charge in [-0.25, -0.2) is 4.98 Å². The Balaban J connectivity index is 1.95. The number of hydrogen-bond donors (Lipinski definition) is 1. The van der Waals surface area contributed by atoms with Crippen LogP contribution >= 0.6 is 0 Å². The number of rotatable bonds is 2. The van der Waals surface area contributed by atoms with E-state index in [9.17, 15) is 0 Å². The van der Waals surface area contributed by atoms with Gasteiger partial charge in [-0.3, -0.25) is 4.90 Å². The SMILES string of the molecule is CC1(C)CCCN(Cc2ccnc(N)c2)CC1. The lowest BCUT2D eigenvalue weighted by Gasteiger charge is -2.23. The summed E-state index contributed by atoms with van der Waals surface area (Å²) in [5, 5.41) is 0. The third-order valence-electron chi connectivity index (χ3n) is 3.68. The summed E-state index contributed by atoms with van der Waals surface area (Å²) in [5.74, 6) is 0.623. The summed E-state index contributed by atoms with van der Waals surface area (Å²) < 4.78 is 0. The van der Waals surface area contributed by atoms with E-state index >= 15 is 0 Å². The lowest BCUT2D eigenvalue weighted by atomic mass is 9.85. The maximum atomic E-state index is 5.71.